The van der Waals surface area contributed by atoms with Crippen LogP contribution >= 0.6 is 0 Å². The summed E-state index contributed by atoms with van der Waals surface area (Å²) >= 11 is 0. The van der Waals surface area contributed by atoms with Crippen molar-refractivity contribution in [3.63, 3.8) is 0 Å². The molecule has 3 rings (SSSR count). The first kappa shape index (κ1) is 12.9. The van der Waals surface area contributed by atoms with Gasteiger partial charge in [-0.25, -0.2) is 0 Å². The molecule has 0 aromatic rings. The molecule has 3 atom stereocenters. The Morgan fingerprint density at radius 2 is 2.00 bits per heavy atom. The molecule has 0 amide bonds. The molecule has 1 aliphatic heterocycles. The maximum Gasteiger partial charge on any atom is 0.0838 e. The van der Waals surface area contributed by atoms with E-state index in [1.54, 1.807) is 0 Å². The third-order valence-corrected chi connectivity index (χ3v) is 5.81. The van der Waals surface area contributed by atoms with Gasteiger partial charge in [0.15, 0.2) is 0 Å². The Morgan fingerprint density at radius 3 is 2.72 bits per heavy atom. The molecule has 1 saturated heterocycles. The zero-order valence-electron chi connectivity index (χ0n) is 11.9. The second-order valence-corrected chi connectivity index (χ2v) is 6.74. The van der Waals surface area contributed by atoms with Crippen molar-refractivity contribution in [1.29, 1.82) is 0 Å². The molecule has 18 heavy (non-hydrogen) atoms. The minimum atomic E-state index is 0.202. The highest BCUT2D eigenvalue weighted by Crippen LogP contribution is 2.44. The molecule has 0 aromatic carbocycles. The summed E-state index contributed by atoms with van der Waals surface area (Å²) in [6, 6.07) is 0.663. The molecule has 3 aliphatic rings. The van der Waals surface area contributed by atoms with Crippen molar-refractivity contribution in [2.75, 3.05) is 13.2 Å². The van der Waals surface area contributed by atoms with Gasteiger partial charge < -0.3 is 10.1 Å². The molecule has 2 aliphatic carbocycles. The molecular formula is C16H29NO. The lowest BCUT2D eigenvalue weighted by Crippen LogP contribution is -2.62. The van der Waals surface area contributed by atoms with Crippen LogP contribution in [-0.2, 0) is 4.74 Å². The second kappa shape index (κ2) is 5.50. The topological polar surface area (TPSA) is 21.3 Å². The van der Waals surface area contributed by atoms with Crippen LogP contribution < -0.4 is 5.32 Å². The SMILES string of the molecule is CCC1CCCC2(CC1)OCCNC2C1CCC1. The first-order valence-electron chi connectivity index (χ1n) is 8.21. The summed E-state index contributed by atoms with van der Waals surface area (Å²) in [6.45, 7) is 4.35. The minimum absolute atomic E-state index is 0.202. The summed E-state index contributed by atoms with van der Waals surface area (Å²) in [4.78, 5) is 0. The molecule has 1 N–H and O–H groups in total. The molecule has 2 heteroatoms. The van der Waals surface area contributed by atoms with Crippen LogP contribution in [0.25, 0.3) is 0 Å². The van der Waals surface area contributed by atoms with Crippen LogP contribution in [0.5, 0.6) is 0 Å². The van der Waals surface area contributed by atoms with Crippen molar-refractivity contribution in [3.05, 3.63) is 0 Å². The van der Waals surface area contributed by atoms with Crippen molar-refractivity contribution in [2.45, 2.75) is 76.4 Å². The molecule has 0 aromatic heterocycles. The van der Waals surface area contributed by atoms with Crippen LogP contribution in [0.15, 0.2) is 0 Å². The van der Waals surface area contributed by atoms with E-state index >= 15 is 0 Å². The van der Waals surface area contributed by atoms with E-state index in [9.17, 15) is 0 Å². The van der Waals surface area contributed by atoms with Gasteiger partial charge in [-0.05, 0) is 43.9 Å². The highest BCUT2D eigenvalue weighted by Gasteiger charge is 2.47. The van der Waals surface area contributed by atoms with Crippen LogP contribution in [0.2, 0.25) is 0 Å². The van der Waals surface area contributed by atoms with Crippen molar-refractivity contribution in [3.8, 4) is 0 Å². The number of nitrogens with one attached hydrogen (secondary N) is 1. The molecule has 3 unspecified atom stereocenters. The summed E-state index contributed by atoms with van der Waals surface area (Å²) in [5.41, 5.74) is 0.202. The lowest BCUT2D eigenvalue weighted by atomic mass is 9.70. The molecular weight excluding hydrogens is 222 g/mol. The Labute approximate surface area is 112 Å². The Kier molecular flexibility index (Phi) is 3.95. The Hall–Kier alpha value is -0.0800. The smallest absolute Gasteiger partial charge is 0.0838 e. The maximum absolute atomic E-state index is 6.39. The maximum atomic E-state index is 6.39. The molecule has 104 valence electrons. The van der Waals surface area contributed by atoms with Crippen LogP contribution in [0.3, 0.4) is 0 Å². The van der Waals surface area contributed by atoms with Crippen molar-refractivity contribution < 1.29 is 4.74 Å². The van der Waals surface area contributed by atoms with Gasteiger partial charge in [0, 0.05) is 12.6 Å². The molecule has 2 nitrogen and oxygen atoms in total. The van der Waals surface area contributed by atoms with Crippen LogP contribution in [0.4, 0.5) is 0 Å². The van der Waals surface area contributed by atoms with Crippen molar-refractivity contribution in [2.24, 2.45) is 11.8 Å². The van der Waals surface area contributed by atoms with Crippen LogP contribution in [0, 0.1) is 11.8 Å². The monoisotopic (exact) mass is 251 g/mol. The molecule has 3 fully saturated rings. The Bertz CT molecular complexity index is 276. The van der Waals surface area contributed by atoms with Gasteiger partial charge in [0.1, 0.15) is 0 Å². The molecule has 0 bridgehead atoms. The Balaban J connectivity index is 1.72. The molecule has 1 heterocycles. The number of hydrogen-bond donors (Lipinski definition) is 1. The van der Waals surface area contributed by atoms with Gasteiger partial charge in [0.05, 0.1) is 12.2 Å². The normalized spacial score (nSPS) is 42.5. The minimum Gasteiger partial charge on any atom is -0.372 e. The fraction of sp³-hybridized carbons (Fsp3) is 1.00. The molecule has 1 spiro atoms. The quantitative estimate of drug-likeness (QED) is 0.811. The predicted octanol–water partition coefficient (Wildman–Crippen LogP) is 3.50. The Morgan fingerprint density at radius 1 is 1.11 bits per heavy atom. The number of rotatable bonds is 2. The van der Waals surface area contributed by atoms with Gasteiger partial charge in [-0.1, -0.05) is 32.6 Å². The zero-order chi connectivity index (χ0) is 12.4. The molecule has 0 radical (unpaired) electrons. The highest BCUT2D eigenvalue weighted by atomic mass is 16.5. The lowest BCUT2D eigenvalue weighted by molar-refractivity contribution is -0.127. The number of hydrogen-bond acceptors (Lipinski definition) is 2. The van der Waals surface area contributed by atoms with Gasteiger partial charge in [-0.2, -0.15) is 0 Å². The highest BCUT2D eigenvalue weighted by molar-refractivity contribution is 5.02. The van der Waals surface area contributed by atoms with E-state index in [1.165, 1.54) is 57.8 Å². The second-order valence-electron chi connectivity index (χ2n) is 6.74. The van der Waals surface area contributed by atoms with Gasteiger partial charge in [0.25, 0.3) is 0 Å². The summed E-state index contributed by atoms with van der Waals surface area (Å²) in [7, 11) is 0. The third kappa shape index (κ3) is 2.34. The average molecular weight is 251 g/mol. The first-order chi connectivity index (χ1) is 8.84. The van der Waals surface area contributed by atoms with Gasteiger partial charge >= 0.3 is 0 Å². The van der Waals surface area contributed by atoms with E-state index in [1.807, 2.05) is 0 Å². The van der Waals surface area contributed by atoms with E-state index in [-0.39, 0.29) is 5.60 Å². The number of ether oxygens (including phenoxy) is 1. The van der Waals surface area contributed by atoms with Crippen molar-refractivity contribution >= 4 is 0 Å². The summed E-state index contributed by atoms with van der Waals surface area (Å²) in [6.07, 6.45) is 12.5. The first-order valence-corrected chi connectivity index (χ1v) is 8.21. The zero-order valence-corrected chi connectivity index (χ0v) is 11.9. The largest absolute Gasteiger partial charge is 0.372 e. The van der Waals surface area contributed by atoms with Crippen LogP contribution in [-0.4, -0.2) is 24.8 Å². The fourth-order valence-electron chi connectivity index (χ4n) is 4.39. The number of morpholine rings is 1. The third-order valence-electron chi connectivity index (χ3n) is 5.81. The van der Waals surface area contributed by atoms with Crippen LogP contribution in [0.1, 0.15) is 64.7 Å². The van der Waals surface area contributed by atoms with E-state index in [0.29, 0.717) is 6.04 Å². The summed E-state index contributed by atoms with van der Waals surface area (Å²) in [5, 5.41) is 3.82. The van der Waals surface area contributed by atoms with E-state index in [2.05, 4.69) is 12.2 Å². The van der Waals surface area contributed by atoms with Crippen molar-refractivity contribution in [1.82, 2.24) is 5.32 Å². The van der Waals surface area contributed by atoms with Gasteiger partial charge in [-0.3, -0.25) is 0 Å². The van der Waals surface area contributed by atoms with Gasteiger partial charge in [0.2, 0.25) is 0 Å². The molecule has 2 saturated carbocycles. The standard InChI is InChI=1S/C16H29NO/c1-2-13-5-4-9-16(10-8-13)15(14-6-3-7-14)17-11-12-18-16/h13-15,17H,2-12H2,1H3. The summed E-state index contributed by atoms with van der Waals surface area (Å²) in [5.74, 6) is 1.86. The van der Waals surface area contributed by atoms with E-state index in [0.717, 1.165) is 25.0 Å². The fourth-order valence-corrected chi connectivity index (χ4v) is 4.39. The van der Waals surface area contributed by atoms with Gasteiger partial charge in [-0.15, -0.1) is 0 Å². The predicted molar refractivity (Wildman–Crippen MR) is 74.7 cm³/mol. The van der Waals surface area contributed by atoms with E-state index < -0.39 is 0 Å². The lowest BCUT2D eigenvalue weighted by Gasteiger charge is -2.50. The summed E-state index contributed by atoms with van der Waals surface area (Å²) < 4.78 is 6.39. The van der Waals surface area contributed by atoms with E-state index in [4.69, 9.17) is 4.74 Å². The average Bonchev–Trinajstić information content (AvgIpc) is 2.53.